The third kappa shape index (κ3) is 5.41. The van der Waals surface area contributed by atoms with Crippen molar-refractivity contribution in [1.29, 1.82) is 0 Å². The molecule has 0 aliphatic carbocycles. The number of aliphatic hydroxyl groups is 1. The van der Waals surface area contributed by atoms with Gasteiger partial charge in [-0.05, 0) is 65.7 Å². The van der Waals surface area contributed by atoms with Crippen molar-refractivity contribution in [2.75, 3.05) is 18.9 Å². The van der Waals surface area contributed by atoms with Gasteiger partial charge in [-0.15, -0.1) is 0 Å². The van der Waals surface area contributed by atoms with E-state index in [9.17, 15) is 14.7 Å². The number of hydrogen-bond donors (Lipinski definition) is 2. The number of carbonyl (C=O) groups is 2. The van der Waals surface area contributed by atoms with Crippen molar-refractivity contribution in [2.24, 2.45) is 0 Å². The van der Waals surface area contributed by atoms with E-state index in [4.69, 9.17) is 31.5 Å². The number of Topliss-reactive ketones (excluding diaryl/α,β-unsaturated/α-hetero) is 1. The highest BCUT2D eigenvalue weighted by molar-refractivity contribution is 14.1. The van der Waals surface area contributed by atoms with Crippen LogP contribution in [-0.4, -0.2) is 73.6 Å². The van der Waals surface area contributed by atoms with E-state index < -0.39 is 48.6 Å². The van der Waals surface area contributed by atoms with E-state index in [0.717, 1.165) is 3.57 Å². The molecule has 0 bridgehead atoms. The monoisotopic (exact) mass is 647 g/mol. The zero-order valence-electron chi connectivity index (χ0n) is 19.8. The predicted molar refractivity (Wildman–Crippen MR) is 138 cm³/mol. The van der Waals surface area contributed by atoms with Gasteiger partial charge in [0.15, 0.2) is 29.6 Å². The lowest BCUT2D eigenvalue weighted by atomic mass is 9.90. The number of ether oxygens (including phenoxy) is 3. The minimum absolute atomic E-state index is 0.00105. The van der Waals surface area contributed by atoms with E-state index in [2.05, 4.69) is 37.5 Å². The molecule has 1 aliphatic rings. The first-order valence-electron chi connectivity index (χ1n) is 11.3. The third-order valence-corrected chi connectivity index (χ3v) is 6.91. The Bertz CT molecular complexity index is 1310. The highest BCUT2D eigenvalue weighted by Crippen LogP contribution is 2.35. The summed E-state index contributed by atoms with van der Waals surface area (Å²) in [5.74, 6) is -1.49. The second kappa shape index (κ2) is 11.1. The van der Waals surface area contributed by atoms with Crippen LogP contribution < -0.4 is 5.73 Å². The van der Waals surface area contributed by atoms with Crippen LogP contribution in [0.15, 0.2) is 30.6 Å². The maximum atomic E-state index is 15.2. The fraction of sp³-hybridized carbons (Fsp3) is 0.435. The van der Waals surface area contributed by atoms with Crippen molar-refractivity contribution >= 4 is 62.9 Å². The molecule has 3 N–H and O–H groups in total. The van der Waals surface area contributed by atoms with Crippen molar-refractivity contribution in [3.8, 4) is 0 Å². The molecule has 1 aromatic carbocycles. The normalized spacial score (nSPS) is 23.2. The van der Waals surface area contributed by atoms with Crippen LogP contribution in [0.5, 0.6) is 0 Å². The molecule has 3 aromatic rings. The van der Waals surface area contributed by atoms with E-state index in [1.54, 1.807) is 19.1 Å². The number of nitrogen functional groups attached to an aromatic ring is 1. The number of ketones is 1. The fourth-order valence-electron chi connectivity index (χ4n) is 4.08. The van der Waals surface area contributed by atoms with E-state index in [0.29, 0.717) is 5.56 Å². The SMILES string of the molecule is CCOC(=O)C(Cc1ccc(I)cc1)(OC[C@H]1O[C@@H](n2cnc3c(N)nc(Cl)nc32)[C@@H](F)[C@@H]1O)C(C)=O. The molecule has 0 saturated carbocycles. The van der Waals surface area contributed by atoms with Crippen molar-refractivity contribution in [2.45, 2.75) is 50.5 Å². The van der Waals surface area contributed by atoms with Gasteiger partial charge in [-0.3, -0.25) is 9.36 Å². The number of nitrogens with two attached hydrogens (primary N) is 1. The molecular weight excluding hydrogens is 624 g/mol. The molecule has 0 radical (unpaired) electrons. The van der Waals surface area contributed by atoms with Gasteiger partial charge in [-0.1, -0.05) is 12.1 Å². The van der Waals surface area contributed by atoms with E-state index in [1.807, 2.05) is 12.1 Å². The van der Waals surface area contributed by atoms with Crippen molar-refractivity contribution < 1.29 is 33.3 Å². The highest BCUT2D eigenvalue weighted by Gasteiger charge is 2.50. The van der Waals surface area contributed by atoms with Gasteiger partial charge < -0.3 is 25.1 Å². The molecule has 1 fully saturated rings. The first kappa shape index (κ1) is 27.6. The zero-order chi connectivity index (χ0) is 26.9. The first-order chi connectivity index (χ1) is 17.6. The number of fused-ring (bicyclic) bond motifs is 1. The van der Waals surface area contributed by atoms with Gasteiger partial charge >= 0.3 is 5.97 Å². The molecule has 1 unspecified atom stereocenters. The molecule has 3 heterocycles. The average molecular weight is 648 g/mol. The number of aromatic nitrogens is 4. The third-order valence-electron chi connectivity index (χ3n) is 6.02. The largest absolute Gasteiger partial charge is 0.463 e. The maximum absolute atomic E-state index is 15.2. The minimum atomic E-state index is -2.02. The summed E-state index contributed by atoms with van der Waals surface area (Å²) in [6.45, 7) is 2.35. The van der Waals surface area contributed by atoms with Gasteiger partial charge in [-0.2, -0.15) is 9.97 Å². The topological polar surface area (TPSA) is 152 Å². The fourth-order valence-corrected chi connectivity index (χ4v) is 4.61. The van der Waals surface area contributed by atoms with E-state index >= 15 is 4.39 Å². The average Bonchev–Trinajstić information content (AvgIpc) is 3.39. The number of nitrogens with zero attached hydrogens (tertiary/aromatic N) is 4. The molecule has 11 nitrogen and oxygen atoms in total. The van der Waals surface area contributed by atoms with Crippen molar-refractivity contribution in [3.05, 3.63) is 45.0 Å². The Hall–Kier alpha value is -2.46. The molecule has 0 spiro atoms. The van der Waals surface area contributed by atoms with Crippen molar-refractivity contribution in [1.82, 2.24) is 19.5 Å². The number of halogens is 3. The van der Waals surface area contributed by atoms with Gasteiger partial charge in [-0.25, -0.2) is 14.2 Å². The smallest absolute Gasteiger partial charge is 0.346 e. The van der Waals surface area contributed by atoms with Crippen LogP contribution in [0.4, 0.5) is 10.2 Å². The molecular formula is C23H24ClFIN5O6. The van der Waals surface area contributed by atoms with Gasteiger partial charge in [0, 0.05) is 9.99 Å². The maximum Gasteiger partial charge on any atom is 0.346 e. The number of esters is 1. The van der Waals surface area contributed by atoms with Gasteiger partial charge in [0.25, 0.3) is 0 Å². The summed E-state index contributed by atoms with van der Waals surface area (Å²) < 4.78 is 34.2. The standard InChI is InChI=1S/C23H24ClFIN5O6/c1-3-35-21(34)23(11(2)32,8-12-4-6-13(26)7-5-12)36-9-14-17(33)15(25)20(37-14)31-10-28-16-18(27)29-22(24)30-19(16)31/h4-7,10,14-15,17,20,33H,3,8-9H2,1-2H3,(H2,27,29,30)/t14-,15+,17-,20-,23?/m1/s1. The Morgan fingerprint density at radius 2 is 2.03 bits per heavy atom. The number of aliphatic hydroxyl groups excluding tert-OH is 1. The van der Waals surface area contributed by atoms with Crippen LogP contribution in [0, 0.1) is 3.57 Å². The Labute approximate surface area is 229 Å². The van der Waals surface area contributed by atoms with Crippen LogP contribution in [-0.2, 0) is 30.2 Å². The molecule has 1 saturated heterocycles. The molecule has 4 rings (SSSR count). The van der Waals surface area contributed by atoms with Crippen LogP contribution in [0.1, 0.15) is 25.6 Å². The Morgan fingerprint density at radius 3 is 2.68 bits per heavy atom. The number of hydrogen-bond acceptors (Lipinski definition) is 10. The number of imidazole rings is 1. The quantitative estimate of drug-likeness (QED) is 0.153. The summed E-state index contributed by atoms with van der Waals surface area (Å²) in [6, 6.07) is 7.18. The van der Waals surface area contributed by atoms with Gasteiger partial charge in [0.1, 0.15) is 17.7 Å². The first-order valence-corrected chi connectivity index (χ1v) is 12.7. The summed E-state index contributed by atoms with van der Waals surface area (Å²) in [7, 11) is 0. The molecule has 2 aromatic heterocycles. The second-order valence-electron chi connectivity index (χ2n) is 8.42. The minimum Gasteiger partial charge on any atom is -0.463 e. The Balaban J connectivity index is 1.59. The number of anilines is 1. The Kier molecular flexibility index (Phi) is 8.28. The highest BCUT2D eigenvalue weighted by atomic mass is 127. The zero-order valence-corrected chi connectivity index (χ0v) is 22.7. The summed E-state index contributed by atoms with van der Waals surface area (Å²) in [6.07, 6.45) is -5.05. The second-order valence-corrected chi connectivity index (χ2v) is 10.0. The molecule has 37 heavy (non-hydrogen) atoms. The number of carbonyl (C=O) groups excluding carboxylic acids is 2. The van der Waals surface area contributed by atoms with Gasteiger partial charge in [0.05, 0.1) is 19.5 Å². The van der Waals surface area contributed by atoms with Crippen LogP contribution >= 0.6 is 34.2 Å². The summed E-state index contributed by atoms with van der Waals surface area (Å²) >= 11 is 8.03. The number of rotatable bonds is 9. The van der Waals surface area contributed by atoms with Crippen molar-refractivity contribution in [3.63, 3.8) is 0 Å². The molecule has 198 valence electrons. The lowest BCUT2D eigenvalue weighted by Crippen LogP contribution is -2.52. The van der Waals surface area contributed by atoms with Gasteiger partial charge in [0.2, 0.25) is 10.9 Å². The molecule has 0 amide bonds. The van der Waals surface area contributed by atoms with Crippen LogP contribution in [0.3, 0.4) is 0 Å². The van der Waals surface area contributed by atoms with E-state index in [-0.39, 0.29) is 35.3 Å². The molecule has 5 atom stereocenters. The number of benzene rings is 1. The van der Waals surface area contributed by atoms with Crippen LogP contribution in [0.25, 0.3) is 11.2 Å². The summed E-state index contributed by atoms with van der Waals surface area (Å²) in [5, 5.41) is 10.4. The molecule has 1 aliphatic heterocycles. The van der Waals surface area contributed by atoms with E-state index in [1.165, 1.54) is 17.8 Å². The molecule has 14 heteroatoms. The summed E-state index contributed by atoms with van der Waals surface area (Å²) in [5.41, 5.74) is 4.74. The number of alkyl halides is 1. The lowest BCUT2D eigenvalue weighted by molar-refractivity contribution is -0.183. The Morgan fingerprint density at radius 1 is 1.32 bits per heavy atom. The summed E-state index contributed by atoms with van der Waals surface area (Å²) in [4.78, 5) is 37.7. The van der Waals surface area contributed by atoms with Crippen LogP contribution in [0.2, 0.25) is 5.28 Å². The predicted octanol–water partition coefficient (Wildman–Crippen LogP) is 2.41. The lowest BCUT2D eigenvalue weighted by Gasteiger charge is -2.30.